The van der Waals surface area contributed by atoms with Crippen molar-refractivity contribution in [2.45, 2.75) is 209 Å². The summed E-state index contributed by atoms with van der Waals surface area (Å²) in [6, 6.07) is 11.8. The molecule has 121 heavy (non-hydrogen) atoms. The minimum Gasteiger partial charge on any atom is -0.310 e. The Morgan fingerprint density at radius 1 is 0.248 bits per heavy atom. The standard InChI is InChI=1S/C116H119BN4/c1-109(2,3)75-53-50-73(51-54-75)88-64-78(112(10,11)12)67-92(89-63-76(110(4,5)6)56-59-94(89)115(19,20)21)107(88)121-103-69-80(118-98-46-34-29-41-84(98)85-42-30-35-47-99(85)118)57-61-97(103)117-96-60-52-74(72-38-26-25-27-39-72)62-102(96)120(104-70-81(71-105(121)106(104)117)119-100-48-36-31-43-86(100)87-44-32-37-49-101(87)119)108-90(82-40-28-33-45-93(82)114(16,17)18)65-79(113(13,14)15)66-91(108)83-58-55-77(111(7,8)9)68-95(83)116(22,23)24/h25-71H,1-24H3/i25D,26D,27D,29D,30D,31D,32D,34D,35D,36D,37D,38D,39D,41D,42D,43D,44D,46D,47D,48D,49D,50D,51D,53D,54D,56D,59D,63D,64D,67D. The lowest BCUT2D eigenvalue weighted by atomic mass is 9.33. The minimum absolute atomic E-state index is 0.00445. The molecule has 16 aromatic rings. The van der Waals surface area contributed by atoms with Crippen molar-refractivity contribution in [2.24, 2.45) is 0 Å². The maximum atomic E-state index is 11.9. The van der Waals surface area contributed by atoms with Gasteiger partial charge in [-0.05, 0) is 216 Å². The first-order valence-electron chi connectivity index (χ1n) is 56.7. The third-order valence-corrected chi connectivity index (χ3v) is 23.8. The summed E-state index contributed by atoms with van der Waals surface area (Å²) in [7, 11) is 0. The fourth-order valence-electron chi connectivity index (χ4n) is 17.4. The molecule has 4 heterocycles. The Morgan fingerprint density at radius 2 is 0.669 bits per heavy atom. The van der Waals surface area contributed by atoms with Crippen molar-refractivity contribution in [1.82, 2.24) is 9.13 Å². The molecule has 5 heteroatoms. The van der Waals surface area contributed by atoms with Crippen LogP contribution in [0.3, 0.4) is 0 Å². The van der Waals surface area contributed by atoms with Crippen LogP contribution in [0.1, 0.15) is 252 Å². The molecule has 0 aliphatic carbocycles. The van der Waals surface area contributed by atoms with Crippen LogP contribution in [-0.2, 0) is 43.3 Å². The van der Waals surface area contributed by atoms with E-state index in [1.54, 1.807) is 137 Å². The molecule has 0 saturated carbocycles. The van der Waals surface area contributed by atoms with Gasteiger partial charge in [-0.2, -0.15) is 0 Å². The molecule has 0 unspecified atom stereocenters. The molecule has 0 amide bonds. The van der Waals surface area contributed by atoms with Crippen molar-refractivity contribution in [3.05, 3.63) is 329 Å². The maximum absolute atomic E-state index is 11.9. The van der Waals surface area contributed by atoms with Gasteiger partial charge in [-0.15, -0.1) is 0 Å². The van der Waals surface area contributed by atoms with Crippen molar-refractivity contribution in [3.8, 4) is 67.0 Å². The molecule has 606 valence electrons. The summed E-state index contributed by atoms with van der Waals surface area (Å²) in [6.45, 7) is 44.9. The van der Waals surface area contributed by atoms with Gasteiger partial charge in [0.2, 0.25) is 0 Å². The molecule has 2 aromatic heterocycles. The van der Waals surface area contributed by atoms with Crippen molar-refractivity contribution in [1.29, 1.82) is 0 Å². The van der Waals surface area contributed by atoms with Crippen LogP contribution >= 0.6 is 0 Å². The normalized spacial score (nSPS) is 17.0. The van der Waals surface area contributed by atoms with E-state index in [9.17, 15) is 39.8 Å². The van der Waals surface area contributed by atoms with Crippen LogP contribution in [0.4, 0.5) is 34.1 Å². The van der Waals surface area contributed by atoms with Crippen LogP contribution < -0.4 is 26.2 Å². The number of nitrogens with zero attached hydrogens (tertiary/aromatic N) is 4. The van der Waals surface area contributed by atoms with Crippen LogP contribution in [0.5, 0.6) is 0 Å². The summed E-state index contributed by atoms with van der Waals surface area (Å²) >= 11 is 0. The van der Waals surface area contributed by atoms with Gasteiger partial charge >= 0.3 is 0 Å². The van der Waals surface area contributed by atoms with E-state index in [1.807, 2.05) is 29.2 Å². The quantitative estimate of drug-likeness (QED) is 0.134. The van der Waals surface area contributed by atoms with Crippen LogP contribution in [-0.4, -0.2) is 15.8 Å². The molecule has 0 atom stereocenters. The Kier molecular flexibility index (Phi) is 12.4. The second kappa shape index (κ2) is 28.5. The minimum atomic E-state index is -1.41. The summed E-state index contributed by atoms with van der Waals surface area (Å²) in [4.78, 5) is 3.61. The Bertz CT molecular complexity index is 8560. The third-order valence-electron chi connectivity index (χ3n) is 23.8. The first-order chi connectivity index (χ1) is 69.6. The molecule has 0 radical (unpaired) electrons. The van der Waals surface area contributed by atoms with Gasteiger partial charge in [0.05, 0.1) is 80.3 Å². The molecule has 0 fully saturated rings. The summed E-state index contributed by atoms with van der Waals surface area (Å²) in [5.41, 5.74) is -4.82. The van der Waals surface area contributed by atoms with Crippen molar-refractivity contribution in [2.75, 3.05) is 9.80 Å². The highest BCUT2D eigenvalue weighted by Gasteiger charge is 2.48. The van der Waals surface area contributed by atoms with Gasteiger partial charge in [-0.1, -0.05) is 372 Å². The van der Waals surface area contributed by atoms with E-state index in [-0.39, 0.29) is 128 Å². The highest BCUT2D eigenvalue weighted by Crippen LogP contribution is 2.58. The lowest BCUT2D eigenvalue weighted by molar-refractivity contribution is 0.569. The average Bonchev–Trinajstić information content (AvgIpc) is 1.55. The predicted octanol–water partition coefficient (Wildman–Crippen LogP) is 30.7. The number of benzene rings is 14. The highest BCUT2D eigenvalue weighted by atomic mass is 15.2. The first-order valence-corrected chi connectivity index (χ1v) is 41.7. The van der Waals surface area contributed by atoms with E-state index in [4.69, 9.17) is 1.37 Å². The Balaban J connectivity index is 1.24. The number of hydrogen-bond donors (Lipinski definition) is 0. The first kappa shape index (κ1) is 52.5. The number of fused-ring (bicyclic) bond motifs is 10. The summed E-state index contributed by atoms with van der Waals surface area (Å²) in [5.74, 6) is 0. The monoisotopic (exact) mass is 1610 g/mol. The molecule has 0 saturated heterocycles. The number of para-hydroxylation sites is 4. The predicted molar refractivity (Wildman–Crippen MR) is 526 cm³/mol. The van der Waals surface area contributed by atoms with Crippen molar-refractivity contribution >= 4 is 101 Å². The smallest absolute Gasteiger partial charge is 0.252 e. The van der Waals surface area contributed by atoms with E-state index in [0.717, 1.165) is 22.3 Å². The summed E-state index contributed by atoms with van der Waals surface area (Å²) in [5, 5.41) is -1.41. The topological polar surface area (TPSA) is 16.3 Å². The summed E-state index contributed by atoms with van der Waals surface area (Å²) < 4.78 is 309. The number of anilines is 6. The second-order valence-electron chi connectivity index (χ2n) is 40.8. The molecule has 2 aliphatic heterocycles. The number of rotatable bonds is 9. The fraction of sp³-hybridized carbons (Fsp3) is 0.276. The van der Waals surface area contributed by atoms with Gasteiger partial charge in [-0.3, -0.25) is 0 Å². The zero-order chi connectivity index (χ0) is 112. The lowest BCUT2D eigenvalue weighted by Crippen LogP contribution is -2.61. The fourth-order valence-corrected chi connectivity index (χ4v) is 17.4. The van der Waals surface area contributed by atoms with E-state index in [2.05, 4.69) is 113 Å². The number of aromatic nitrogens is 2. The SMILES string of the molecule is [2H]c1c([2H])c([2H])c(-c2ccc3c(c2)N(c2c(-c4ccccc4C(C)(C)C)cc(C(C)(C)C)cc2-c2ccc(C(C)(C)C)cc2C(C)(C)C)c2cc(-n4c5c([2H])c([2H])c([2H])c([2H])c5c5c([2H])c([2H])c([2H])c([2H])c54)cc4c2B3c2ccc(-n3c5c([2H])c([2H])c([2H])c([2H])c5c5c([2H])c([2H])c([2H])c([2H])c53)cc2N4c2c(-c3c([2H])c([2H])c(C(C)(C)C)c([2H])c3[2H])c([2H])c(C(C)(C)C)c([2H])c2-c2c([2H])c(C(C)(C)C)c([2H])c([2H])c2C(C)(C)C)c([2H])c1[2H]. The van der Waals surface area contributed by atoms with Crippen LogP contribution in [0.15, 0.2) is 284 Å². The van der Waals surface area contributed by atoms with Gasteiger partial charge in [0.1, 0.15) is 0 Å². The van der Waals surface area contributed by atoms with E-state index in [1.165, 1.54) is 9.13 Å². The Labute approximate surface area is 763 Å². The van der Waals surface area contributed by atoms with Crippen LogP contribution in [0, 0.1) is 0 Å². The van der Waals surface area contributed by atoms with Gasteiger partial charge in [0.25, 0.3) is 6.71 Å². The van der Waals surface area contributed by atoms with Crippen LogP contribution in [0.25, 0.3) is 111 Å². The van der Waals surface area contributed by atoms with Crippen molar-refractivity contribution < 1.29 is 41.1 Å². The lowest BCUT2D eigenvalue weighted by Gasteiger charge is -2.46. The van der Waals surface area contributed by atoms with E-state index in [0.29, 0.717) is 33.4 Å². The third kappa shape index (κ3) is 13.9. The second-order valence-corrected chi connectivity index (χ2v) is 40.8. The molecule has 14 aromatic carbocycles. The zero-order valence-electron chi connectivity index (χ0n) is 104. The molecular formula is C116H119BN4. The average molecular weight is 1610 g/mol. The van der Waals surface area contributed by atoms with Gasteiger partial charge in [0, 0.05) is 72.2 Å². The van der Waals surface area contributed by atoms with Crippen LogP contribution in [0.2, 0.25) is 0 Å². The maximum Gasteiger partial charge on any atom is 0.252 e. The van der Waals surface area contributed by atoms with E-state index < -0.39 is 253 Å². The van der Waals surface area contributed by atoms with Gasteiger partial charge in [-0.25, -0.2) is 0 Å². The highest BCUT2D eigenvalue weighted by molar-refractivity contribution is 7.00. The summed E-state index contributed by atoms with van der Waals surface area (Å²) in [6.07, 6.45) is 0. The molecule has 18 rings (SSSR count). The zero-order valence-corrected chi connectivity index (χ0v) is 73.7. The van der Waals surface area contributed by atoms with Gasteiger partial charge < -0.3 is 18.9 Å². The molecular weight excluding hydrogens is 1460 g/mol. The molecule has 0 spiro atoms. The largest absolute Gasteiger partial charge is 0.310 e. The van der Waals surface area contributed by atoms with Gasteiger partial charge in [0.15, 0.2) is 0 Å². The van der Waals surface area contributed by atoms with Crippen molar-refractivity contribution in [3.63, 3.8) is 0 Å². The molecule has 4 nitrogen and oxygen atoms in total. The number of hydrogen-bond acceptors (Lipinski definition) is 2. The Morgan fingerprint density at radius 3 is 1.17 bits per heavy atom. The molecule has 0 bridgehead atoms. The Hall–Kier alpha value is -11.7. The van der Waals surface area contributed by atoms with E-state index >= 15 is 0 Å². The molecule has 2 aliphatic rings. The molecule has 0 N–H and O–H groups in total.